The van der Waals surface area contributed by atoms with E-state index in [1.54, 1.807) is 6.20 Å². The summed E-state index contributed by atoms with van der Waals surface area (Å²) < 4.78 is 0. The van der Waals surface area contributed by atoms with Crippen LogP contribution >= 0.6 is 0 Å². The number of carbonyl (C=O) groups is 1. The lowest BCUT2D eigenvalue weighted by Crippen LogP contribution is -2.66. The summed E-state index contributed by atoms with van der Waals surface area (Å²) in [7, 11) is 0. The van der Waals surface area contributed by atoms with E-state index in [4.69, 9.17) is 0 Å². The van der Waals surface area contributed by atoms with E-state index in [0.717, 1.165) is 29.4 Å². The largest absolute Gasteiger partial charge is 0.324 e. The predicted molar refractivity (Wildman–Crippen MR) is 85.2 cm³/mol. The number of anilines is 1. The third kappa shape index (κ3) is 2.29. The van der Waals surface area contributed by atoms with Gasteiger partial charge in [-0.25, -0.2) is 0 Å². The third-order valence-electron chi connectivity index (χ3n) is 4.51. The topological polar surface area (TPSA) is 45.2 Å². The standard InChI is InChI=1S/C17H21N3O/c1-12(2)20-10-8-17(20,3)16(21)19-15-6-4-5-13-11-18-9-7-14(13)15/h4-7,9,11-12H,8,10H2,1-3H3,(H,19,21). The van der Waals surface area contributed by atoms with Gasteiger partial charge in [0.1, 0.15) is 0 Å². The summed E-state index contributed by atoms with van der Waals surface area (Å²) in [6.07, 6.45) is 4.48. The molecule has 4 nitrogen and oxygen atoms in total. The van der Waals surface area contributed by atoms with Gasteiger partial charge in [0.25, 0.3) is 0 Å². The molecule has 1 aromatic heterocycles. The molecule has 0 spiro atoms. The maximum Gasteiger partial charge on any atom is 0.244 e. The number of hydrogen-bond acceptors (Lipinski definition) is 3. The van der Waals surface area contributed by atoms with Crippen LogP contribution in [0, 0.1) is 0 Å². The van der Waals surface area contributed by atoms with Gasteiger partial charge in [-0.15, -0.1) is 0 Å². The second-order valence-electron chi connectivity index (χ2n) is 6.17. The third-order valence-corrected chi connectivity index (χ3v) is 4.51. The molecule has 2 aromatic rings. The molecule has 1 aliphatic heterocycles. The van der Waals surface area contributed by atoms with E-state index >= 15 is 0 Å². The summed E-state index contributed by atoms with van der Waals surface area (Å²) >= 11 is 0. The van der Waals surface area contributed by atoms with Gasteiger partial charge in [0.05, 0.1) is 5.54 Å². The molecule has 1 unspecified atom stereocenters. The van der Waals surface area contributed by atoms with Crippen LogP contribution in [0.5, 0.6) is 0 Å². The van der Waals surface area contributed by atoms with Gasteiger partial charge in [-0.2, -0.15) is 0 Å². The van der Waals surface area contributed by atoms with Gasteiger partial charge < -0.3 is 5.32 Å². The summed E-state index contributed by atoms with van der Waals surface area (Å²) in [6.45, 7) is 7.28. The number of likely N-dealkylation sites (tertiary alicyclic amines) is 1. The zero-order valence-electron chi connectivity index (χ0n) is 12.8. The van der Waals surface area contributed by atoms with Crippen molar-refractivity contribution in [2.45, 2.75) is 38.8 Å². The Morgan fingerprint density at radius 2 is 2.19 bits per heavy atom. The first-order valence-electron chi connectivity index (χ1n) is 7.43. The lowest BCUT2D eigenvalue weighted by molar-refractivity contribution is -0.138. The molecule has 0 aliphatic carbocycles. The highest BCUT2D eigenvalue weighted by atomic mass is 16.2. The summed E-state index contributed by atoms with van der Waals surface area (Å²) in [6, 6.07) is 8.22. The van der Waals surface area contributed by atoms with Gasteiger partial charge in [-0.3, -0.25) is 14.7 Å². The molecule has 0 bridgehead atoms. The molecule has 1 aromatic carbocycles. The number of carbonyl (C=O) groups excluding carboxylic acids is 1. The number of nitrogens with one attached hydrogen (secondary N) is 1. The number of pyridine rings is 1. The molecule has 1 saturated heterocycles. The molecule has 1 amide bonds. The Hall–Kier alpha value is -1.94. The van der Waals surface area contributed by atoms with Gasteiger partial charge >= 0.3 is 0 Å². The Labute approximate surface area is 125 Å². The molecular formula is C17H21N3O. The summed E-state index contributed by atoms with van der Waals surface area (Å²) in [5.41, 5.74) is 0.459. The maximum absolute atomic E-state index is 12.7. The summed E-state index contributed by atoms with van der Waals surface area (Å²) in [5, 5.41) is 5.17. The molecule has 1 atom stereocenters. The molecule has 0 radical (unpaired) electrons. The van der Waals surface area contributed by atoms with Crippen LogP contribution < -0.4 is 5.32 Å². The fourth-order valence-corrected chi connectivity index (χ4v) is 3.14. The Morgan fingerprint density at radius 3 is 2.86 bits per heavy atom. The zero-order chi connectivity index (χ0) is 15.0. The van der Waals surface area contributed by atoms with E-state index in [0.29, 0.717) is 6.04 Å². The first kappa shape index (κ1) is 14.0. The van der Waals surface area contributed by atoms with E-state index in [1.807, 2.05) is 37.4 Å². The Kier molecular flexibility index (Phi) is 3.41. The first-order chi connectivity index (χ1) is 10.0. The minimum Gasteiger partial charge on any atom is -0.324 e. The van der Waals surface area contributed by atoms with Crippen LogP contribution in [0.25, 0.3) is 10.8 Å². The lowest BCUT2D eigenvalue weighted by atomic mass is 9.84. The zero-order valence-corrected chi connectivity index (χ0v) is 12.8. The monoisotopic (exact) mass is 283 g/mol. The van der Waals surface area contributed by atoms with Crippen molar-refractivity contribution in [2.75, 3.05) is 11.9 Å². The Morgan fingerprint density at radius 1 is 1.38 bits per heavy atom. The van der Waals surface area contributed by atoms with Crippen molar-refractivity contribution in [1.29, 1.82) is 0 Å². The van der Waals surface area contributed by atoms with Crippen LogP contribution in [0.4, 0.5) is 5.69 Å². The summed E-state index contributed by atoms with van der Waals surface area (Å²) in [4.78, 5) is 19.1. The van der Waals surface area contributed by atoms with Crippen molar-refractivity contribution in [3.63, 3.8) is 0 Å². The second-order valence-corrected chi connectivity index (χ2v) is 6.17. The predicted octanol–water partition coefficient (Wildman–Crippen LogP) is 3.05. The normalized spacial score (nSPS) is 22.3. The number of rotatable bonds is 3. The van der Waals surface area contributed by atoms with E-state index in [1.165, 1.54) is 0 Å². The van der Waals surface area contributed by atoms with Crippen molar-refractivity contribution < 1.29 is 4.79 Å². The van der Waals surface area contributed by atoms with Crippen molar-refractivity contribution in [3.8, 4) is 0 Å². The van der Waals surface area contributed by atoms with E-state index in [-0.39, 0.29) is 5.91 Å². The van der Waals surface area contributed by atoms with Gasteiger partial charge in [0, 0.05) is 41.4 Å². The lowest BCUT2D eigenvalue weighted by Gasteiger charge is -2.51. The number of amides is 1. The maximum atomic E-state index is 12.7. The average Bonchev–Trinajstić information content (AvgIpc) is 2.45. The van der Waals surface area contributed by atoms with Crippen LogP contribution in [-0.4, -0.2) is 33.9 Å². The van der Waals surface area contributed by atoms with E-state index in [2.05, 4.69) is 29.0 Å². The highest BCUT2D eigenvalue weighted by Crippen LogP contribution is 2.34. The molecule has 1 fully saturated rings. The number of hydrogen-bond donors (Lipinski definition) is 1. The quantitative estimate of drug-likeness (QED) is 0.941. The molecular weight excluding hydrogens is 262 g/mol. The van der Waals surface area contributed by atoms with Crippen molar-refractivity contribution in [1.82, 2.24) is 9.88 Å². The SMILES string of the molecule is CC(C)N1CCC1(C)C(=O)Nc1cccc2cnccc12. The smallest absolute Gasteiger partial charge is 0.244 e. The highest BCUT2D eigenvalue weighted by Gasteiger charge is 2.47. The molecule has 4 heteroatoms. The van der Waals surface area contributed by atoms with Gasteiger partial charge in [0.15, 0.2) is 0 Å². The summed E-state index contributed by atoms with van der Waals surface area (Å²) in [5.74, 6) is 0.0757. The highest BCUT2D eigenvalue weighted by molar-refractivity contribution is 6.05. The molecule has 21 heavy (non-hydrogen) atoms. The molecule has 2 heterocycles. The minimum absolute atomic E-state index is 0.0757. The van der Waals surface area contributed by atoms with Crippen molar-refractivity contribution in [3.05, 3.63) is 36.7 Å². The number of fused-ring (bicyclic) bond motifs is 1. The average molecular weight is 283 g/mol. The van der Waals surface area contributed by atoms with Crippen LogP contribution in [-0.2, 0) is 4.79 Å². The second kappa shape index (κ2) is 5.11. The van der Waals surface area contributed by atoms with E-state index < -0.39 is 5.54 Å². The van der Waals surface area contributed by atoms with Crippen molar-refractivity contribution >= 4 is 22.4 Å². The number of benzene rings is 1. The number of nitrogens with zero attached hydrogens (tertiary/aromatic N) is 2. The van der Waals surface area contributed by atoms with Gasteiger partial charge in [-0.1, -0.05) is 12.1 Å². The van der Waals surface area contributed by atoms with Crippen LogP contribution in [0.2, 0.25) is 0 Å². The minimum atomic E-state index is -0.399. The molecule has 3 rings (SSSR count). The van der Waals surface area contributed by atoms with Crippen LogP contribution in [0.1, 0.15) is 27.2 Å². The van der Waals surface area contributed by atoms with Gasteiger partial charge in [-0.05, 0) is 39.3 Å². The molecule has 110 valence electrons. The molecule has 1 aliphatic rings. The molecule has 1 N–H and O–H groups in total. The van der Waals surface area contributed by atoms with Crippen LogP contribution in [0.15, 0.2) is 36.7 Å². The Balaban J connectivity index is 1.87. The fourth-order valence-electron chi connectivity index (χ4n) is 3.14. The van der Waals surface area contributed by atoms with Crippen LogP contribution in [0.3, 0.4) is 0 Å². The Bertz CT molecular complexity index is 677. The van der Waals surface area contributed by atoms with Gasteiger partial charge in [0.2, 0.25) is 5.91 Å². The van der Waals surface area contributed by atoms with Crippen molar-refractivity contribution in [2.24, 2.45) is 0 Å². The fraction of sp³-hybridized carbons (Fsp3) is 0.412. The van der Waals surface area contributed by atoms with E-state index in [9.17, 15) is 4.79 Å². The molecule has 0 saturated carbocycles. The number of aromatic nitrogens is 1. The first-order valence-corrected chi connectivity index (χ1v) is 7.43.